The second kappa shape index (κ2) is 6.94. The minimum Gasteiger partial charge on any atom is -0.493 e. The molecular weight excluding hydrogens is 266 g/mol. The summed E-state index contributed by atoms with van der Waals surface area (Å²) < 4.78 is 5.59. The Labute approximate surface area is 126 Å². The summed E-state index contributed by atoms with van der Waals surface area (Å²) in [6, 6.07) is 7.12. The number of aliphatic hydroxyl groups is 1. The first-order valence-electron chi connectivity index (χ1n) is 7.72. The summed E-state index contributed by atoms with van der Waals surface area (Å²) in [6.45, 7) is 5.18. The highest BCUT2D eigenvalue weighted by atomic mass is 16.5. The number of carbonyl (C=O) groups excluding carboxylic acids is 1. The van der Waals surface area contributed by atoms with E-state index in [1.54, 1.807) is 12.1 Å². The summed E-state index contributed by atoms with van der Waals surface area (Å²) >= 11 is 0. The quantitative estimate of drug-likeness (QED) is 0.847. The van der Waals surface area contributed by atoms with Crippen LogP contribution >= 0.6 is 0 Å². The first-order valence-corrected chi connectivity index (χ1v) is 7.72. The van der Waals surface area contributed by atoms with Crippen LogP contribution in [0.2, 0.25) is 0 Å². The molecule has 0 heterocycles. The summed E-state index contributed by atoms with van der Waals surface area (Å²) in [5, 5.41) is 13.0. The molecule has 4 nitrogen and oxygen atoms in total. The van der Waals surface area contributed by atoms with Crippen LogP contribution in [0.25, 0.3) is 0 Å². The van der Waals surface area contributed by atoms with Gasteiger partial charge in [-0.15, -0.1) is 0 Å². The zero-order chi connectivity index (χ0) is 15.3. The molecule has 1 aliphatic rings. The van der Waals surface area contributed by atoms with Crippen LogP contribution in [0.15, 0.2) is 24.3 Å². The highest BCUT2D eigenvalue weighted by molar-refractivity contribution is 5.94. The standard InChI is InChI=1S/C17H25NO3/c1-13(2)11-21-15-7-5-14(6-8-15)16(19)18-12-17(20)9-3-4-10-17/h5-8,13,20H,3-4,9-12H2,1-2H3,(H,18,19). The topological polar surface area (TPSA) is 58.6 Å². The molecule has 0 bridgehead atoms. The molecule has 2 N–H and O–H groups in total. The molecule has 0 atom stereocenters. The van der Waals surface area contributed by atoms with Crippen LogP contribution in [0.5, 0.6) is 5.75 Å². The summed E-state index contributed by atoms with van der Waals surface area (Å²) in [5.74, 6) is 1.10. The Morgan fingerprint density at radius 1 is 1.29 bits per heavy atom. The molecule has 1 aliphatic carbocycles. The van der Waals surface area contributed by atoms with Crippen LogP contribution in [-0.4, -0.2) is 29.8 Å². The summed E-state index contributed by atoms with van der Waals surface area (Å²) in [7, 11) is 0. The highest BCUT2D eigenvalue weighted by Crippen LogP contribution is 2.28. The van der Waals surface area contributed by atoms with Crippen molar-refractivity contribution < 1.29 is 14.6 Å². The molecule has 116 valence electrons. The Bertz CT molecular complexity index is 461. The van der Waals surface area contributed by atoms with Crippen molar-refractivity contribution in [2.75, 3.05) is 13.2 Å². The zero-order valence-electron chi connectivity index (χ0n) is 12.9. The van der Waals surface area contributed by atoms with Gasteiger partial charge in [-0.1, -0.05) is 26.7 Å². The number of amides is 1. The van der Waals surface area contributed by atoms with Gasteiger partial charge in [-0.2, -0.15) is 0 Å². The normalized spacial score (nSPS) is 17.0. The number of benzene rings is 1. The fourth-order valence-corrected chi connectivity index (χ4v) is 2.52. The van der Waals surface area contributed by atoms with Crippen molar-refractivity contribution in [2.24, 2.45) is 5.92 Å². The van der Waals surface area contributed by atoms with Gasteiger partial charge in [0.2, 0.25) is 0 Å². The molecule has 1 aromatic carbocycles. The van der Waals surface area contributed by atoms with Crippen molar-refractivity contribution in [1.29, 1.82) is 0 Å². The Morgan fingerprint density at radius 2 is 1.90 bits per heavy atom. The van der Waals surface area contributed by atoms with E-state index in [2.05, 4.69) is 19.2 Å². The Balaban J connectivity index is 1.84. The average molecular weight is 291 g/mol. The molecule has 4 heteroatoms. The van der Waals surface area contributed by atoms with Crippen molar-refractivity contribution in [3.8, 4) is 5.75 Å². The number of ether oxygens (including phenoxy) is 1. The lowest BCUT2D eigenvalue weighted by Gasteiger charge is -2.22. The van der Waals surface area contributed by atoms with E-state index in [9.17, 15) is 9.90 Å². The van der Waals surface area contributed by atoms with Crippen LogP contribution < -0.4 is 10.1 Å². The number of hydrogen-bond acceptors (Lipinski definition) is 3. The van der Waals surface area contributed by atoms with Gasteiger partial charge >= 0.3 is 0 Å². The minimum atomic E-state index is -0.712. The molecule has 1 amide bonds. The lowest BCUT2D eigenvalue weighted by Crippen LogP contribution is -2.40. The molecular formula is C17H25NO3. The largest absolute Gasteiger partial charge is 0.493 e. The second-order valence-corrected chi connectivity index (χ2v) is 6.34. The van der Waals surface area contributed by atoms with E-state index in [-0.39, 0.29) is 5.91 Å². The smallest absolute Gasteiger partial charge is 0.251 e. The number of rotatable bonds is 6. The van der Waals surface area contributed by atoms with E-state index in [0.29, 0.717) is 24.6 Å². The lowest BCUT2D eigenvalue weighted by atomic mass is 10.0. The van der Waals surface area contributed by atoms with E-state index in [0.717, 1.165) is 31.4 Å². The average Bonchev–Trinajstić information content (AvgIpc) is 2.90. The number of hydrogen-bond donors (Lipinski definition) is 2. The third-order valence-corrected chi connectivity index (χ3v) is 3.81. The van der Waals surface area contributed by atoms with Gasteiger partial charge in [0.25, 0.3) is 5.91 Å². The summed E-state index contributed by atoms with van der Waals surface area (Å²) in [5.41, 5.74) is -0.121. The van der Waals surface area contributed by atoms with E-state index in [1.807, 2.05) is 12.1 Å². The van der Waals surface area contributed by atoms with Crippen LogP contribution in [0.4, 0.5) is 0 Å². The molecule has 0 aliphatic heterocycles. The maximum Gasteiger partial charge on any atom is 0.251 e. The SMILES string of the molecule is CC(C)COc1ccc(C(=O)NCC2(O)CCCC2)cc1. The van der Waals surface area contributed by atoms with E-state index < -0.39 is 5.60 Å². The van der Waals surface area contributed by atoms with Gasteiger partial charge in [-0.25, -0.2) is 0 Å². The van der Waals surface area contributed by atoms with Crippen molar-refractivity contribution in [1.82, 2.24) is 5.32 Å². The molecule has 21 heavy (non-hydrogen) atoms. The predicted octanol–water partition coefficient (Wildman–Crippen LogP) is 2.76. The first-order chi connectivity index (χ1) is 9.98. The highest BCUT2D eigenvalue weighted by Gasteiger charge is 2.31. The zero-order valence-corrected chi connectivity index (χ0v) is 12.9. The minimum absolute atomic E-state index is 0.147. The molecule has 0 radical (unpaired) electrons. The van der Waals surface area contributed by atoms with Gasteiger partial charge in [-0.05, 0) is 43.0 Å². The molecule has 0 aromatic heterocycles. The van der Waals surface area contributed by atoms with Crippen molar-refractivity contribution in [3.63, 3.8) is 0 Å². The number of nitrogens with one attached hydrogen (secondary N) is 1. The van der Waals surface area contributed by atoms with Gasteiger partial charge in [0, 0.05) is 12.1 Å². The van der Waals surface area contributed by atoms with Crippen molar-refractivity contribution in [3.05, 3.63) is 29.8 Å². The fourth-order valence-electron chi connectivity index (χ4n) is 2.52. The van der Waals surface area contributed by atoms with Crippen molar-refractivity contribution >= 4 is 5.91 Å². The Hall–Kier alpha value is -1.55. The van der Waals surface area contributed by atoms with E-state index in [1.165, 1.54) is 0 Å². The third kappa shape index (κ3) is 4.74. The van der Waals surface area contributed by atoms with E-state index >= 15 is 0 Å². The molecule has 0 saturated heterocycles. The second-order valence-electron chi connectivity index (χ2n) is 6.34. The monoisotopic (exact) mass is 291 g/mol. The van der Waals surface area contributed by atoms with Crippen LogP contribution in [0.1, 0.15) is 49.9 Å². The molecule has 0 unspecified atom stereocenters. The molecule has 1 aromatic rings. The fraction of sp³-hybridized carbons (Fsp3) is 0.588. The van der Waals surface area contributed by atoms with Crippen LogP contribution in [0.3, 0.4) is 0 Å². The molecule has 1 fully saturated rings. The maximum atomic E-state index is 12.1. The molecule has 2 rings (SSSR count). The van der Waals surface area contributed by atoms with Gasteiger partial charge < -0.3 is 15.2 Å². The predicted molar refractivity (Wildman–Crippen MR) is 82.5 cm³/mol. The van der Waals surface area contributed by atoms with Gasteiger partial charge in [0.05, 0.1) is 12.2 Å². The first kappa shape index (κ1) is 15.8. The summed E-state index contributed by atoms with van der Waals surface area (Å²) in [4.78, 5) is 12.1. The van der Waals surface area contributed by atoms with E-state index in [4.69, 9.17) is 4.74 Å². The van der Waals surface area contributed by atoms with Crippen molar-refractivity contribution in [2.45, 2.75) is 45.1 Å². The Morgan fingerprint density at radius 3 is 2.48 bits per heavy atom. The molecule has 0 spiro atoms. The summed E-state index contributed by atoms with van der Waals surface area (Å²) in [6.07, 6.45) is 3.62. The van der Waals surface area contributed by atoms with Crippen LogP contribution in [-0.2, 0) is 0 Å². The van der Waals surface area contributed by atoms with Crippen LogP contribution in [0, 0.1) is 5.92 Å². The molecule has 1 saturated carbocycles. The lowest BCUT2D eigenvalue weighted by molar-refractivity contribution is 0.0449. The Kier molecular flexibility index (Phi) is 5.23. The number of carbonyl (C=O) groups is 1. The third-order valence-electron chi connectivity index (χ3n) is 3.81. The van der Waals surface area contributed by atoms with Gasteiger partial charge in [0.15, 0.2) is 0 Å². The van der Waals surface area contributed by atoms with Gasteiger partial charge in [-0.3, -0.25) is 4.79 Å². The van der Waals surface area contributed by atoms with Gasteiger partial charge in [0.1, 0.15) is 5.75 Å². The maximum absolute atomic E-state index is 12.1.